The molecule has 0 saturated carbocycles. The van der Waals surface area contributed by atoms with Gasteiger partial charge in [0.05, 0.1) is 5.56 Å². The fourth-order valence-electron chi connectivity index (χ4n) is 3.63. The molecule has 3 aromatic carbocycles. The van der Waals surface area contributed by atoms with Gasteiger partial charge in [0.2, 0.25) is 5.95 Å². The van der Waals surface area contributed by atoms with Gasteiger partial charge in [-0.1, -0.05) is 24.3 Å². The highest BCUT2D eigenvalue weighted by molar-refractivity contribution is 5.63. The smallest absolute Gasteiger partial charge is 0.424 e. The second-order valence-corrected chi connectivity index (χ2v) is 8.33. The molecule has 0 aliphatic carbocycles. The zero-order valence-corrected chi connectivity index (χ0v) is 20.6. The topological polar surface area (TPSA) is 86.1 Å². The van der Waals surface area contributed by atoms with Gasteiger partial charge in [-0.3, -0.25) is 4.57 Å². The molecular formula is C27H18F6N6O2. The van der Waals surface area contributed by atoms with Crippen LogP contribution < -0.4 is 20.1 Å². The summed E-state index contributed by atoms with van der Waals surface area (Å²) in [7, 11) is 0. The first-order valence-electron chi connectivity index (χ1n) is 11.7. The van der Waals surface area contributed by atoms with Crippen molar-refractivity contribution < 1.29 is 35.8 Å². The lowest BCUT2D eigenvalue weighted by Crippen LogP contribution is -2.16. The third-order valence-electron chi connectivity index (χ3n) is 5.35. The number of benzene rings is 3. The van der Waals surface area contributed by atoms with E-state index in [1.807, 2.05) is 0 Å². The number of alkyl halides is 6. The van der Waals surface area contributed by atoms with Gasteiger partial charge in [-0.15, -0.1) is 13.2 Å². The Morgan fingerprint density at radius 1 is 0.707 bits per heavy atom. The van der Waals surface area contributed by atoms with Gasteiger partial charge in [0, 0.05) is 29.8 Å². The second-order valence-electron chi connectivity index (χ2n) is 8.33. The first-order chi connectivity index (χ1) is 19.5. The molecule has 0 amide bonds. The summed E-state index contributed by atoms with van der Waals surface area (Å²) in [5, 5.41) is 5.90. The molecule has 5 rings (SSSR count). The van der Waals surface area contributed by atoms with E-state index in [1.165, 1.54) is 47.3 Å². The molecule has 41 heavy (non-hydrogen) atoms. The molecule has 0 radical (unpaired) electrons. The summed E-state index contributed by atoms with van der Waals surface area (Å²) in [6, 6.07) is 19.7. The van der Waals surface area contributed by atoms with Crippen molar-refractivity contribution in [1.29, 1.82) is 0 Å². The molecule has 2 heterocycles. The summed E-state index contributed by atoms with van der Waals surface area (Å²) in [6.07, 6.45) is -6.48. The summed E-state index contributed by atoms with van der Waals surface area (Å²) in [6.45, 7) is 0. The van der Waals surface area contributed by atoms with Crippen LogP contribution in [-0.4, -0.2) is 25.9 Å². The van der Waals surface area contributed by atoms with Crippen molar-refractivity contribution in [3.63, 3.8) is 0 Å². The average Bonchev–Trinajstić information content (AvgIpc) is 3.37. The Morgan fingerprint density at radius 2 is 1.41 bits per heavy atom. The Hall–Kier alpha value is -5.27. The van der Waals surface area contributed by atoms with Crippen LogP contribution in [0.15, 0.2) is 97.3 Å². The van der Waals surface area contributed by atoms with Crippen LogP contribution in [0.1, 0.15) is 5.56 Å². The Labute approximate surface area is 228 Å². The first kappa shape index (κ1) is 27.3. The number of rotatable bonds is 8. The van der Waals surface area contributed by atoms with Crippen LogP contribution in [0.3, 0.4) is 0 Å². The standard InChI is InChI=1S/C27H18F6N6O2/c28-26(29,30)17-5-4-6-19(15-17)39-14-13-34-24(39)36-23-16-22(37-25(38-23)40-20-7-2-1-3-8-20)35-18-9-11-21(12-10-18)41-27(31,32)33/h1-16H,(H2,34,35,36,37,38). The molecule has 2 aromatic heterocycles. The number of hydrogen-bond donors (Lipinski definition) is 2. The van der Waals surface area contributed by atoms with E-state index in [9.17, 15) is 26.3 Å². The third-order valence-corrected chi connectivity index (χ3v) is 5.35. The quantitative estimate of drug-likeness (QED) is 0.183. The summed E-state index contributed by atoms with van der Waals surface area (Å²) >= 11 is 0. The van der Waals surface area contributed by atoms with Crippen LogP contribution in [0, 0.1) is 0 Å². The zero-order valence-electron chi connectivity index (χ0n) is 20.6. The molecule has 8 nitrogen and oxygen atoms in total. The van der Waals surface area contributed by atoms with Gasteiger partial charge in [0.25, 0.3) is 0 Å². The predicted molar refractivity (Wildman–Crippen MR) is 137 cm³/mol. The Balaban J connectivity index is 1.44. The third kappa shape index (κ3) is 7.23. The van der Waals surface area contributed by atoms with E-state index in [1.54, 1.807) is 30.3 Å². The molecule has 2 N–H and O–H groups in total. The minimum atomic E-state index is -4.83. The van der Waals surface area contributed by atoms with Crippen LogP contribution in [0.2, 0.25) is 0 Å². The maximum absolute atomic E-state index is 13.3. The number of nitrogens with one attached hydrogen (secondary N) is 2. The minimum Gasteiger partial charge on any atom is -0.424 e. The normalized spacial score (nSPS) is 11.7. The number of ether oxygens (including phenoxy) is 2. The maximum atomic E-state index is 13.3. The van der Waals surface area contributed by atoms with Crippen LogP contribution in [0.5, 0.6) is 17.5 Å². The van der Waals surface area contributed by atoms with Crippen LogP contribution in [-0.2, 0) is 6.18 Å². The fraction of sp³-hybridized carbons (Fsp3) is 0.0741. The monoisotopic (exact) mass is 572 g/mol. The van der Waals surface area contributed by atoms with Crippen molar-refractivity contribution in [2.24, 2.45) is 0 Å². The van der Waals surface area contributed by atoms with Gasteiger partial charge in [0.15, 0.2) is 0 Å². The van der Waals surface area contributed by atoms with Gasteiger partial charge >= 0.3 is 18.5 Å². The molecule has 0 bridgehead atoms. The molecule has 0 saturated heterocycles. The SMILES string of the molecule is FC(F)(F)Oc1ccc(Nc2cc(Nc3nccn3-c3cccc(C(F)(F)F)c3)nc(Oc3ccccc3)n2)cc1. The molecule has 0 atom stereocenters. The van der Waals surface area contributed by atoms with Gasteiger partial charge in [-0.05, 0) is 54.6 Å². The molecule has 0 unspecified atom stereocenters. The number of anilines is 4. The van der Waals surface area contributed by atoms with Crippen molar-refractivity contribution in [3.05, 3.63) is 103 Å². The number of para-hydroxylation sites is 1. The summed E-state index contributed by atoms with van der Waals surface area (Å²) in [4.78, 5) is 12.8. The highest BCUT2D eigenvalue weighted by Crippen LogP contribution is 2.32. The largest absolute Gasteiger partial charge is 0.573 e. The molecule has 0 aliphatic heterocycles. The van der Waals surface area contributed by atoms with E-state index in [4.69, 9.17) is 4.74 Å². The van der Waals surface area contributed by atoms with E-state index < -0.39 is 23.9 Å². The lowest BCUT2D eigenvalue weighted by molar-refractivity contribution is -0.274. The number of aromatic nitrogens is 4. The summed E-state index contributed by atoms with van der Waals surface area (Å²) in [5.74, 6) is 0.519. The van der Waals surface area contributed by atoms with Crippen molar-refractivity contribution in [1.82, 2.24) is 19.5 Å². The van der Waals surface area contributed by atoms with E-state index in [0.717, 1.165) is 24.3 Å². The lowest BCUT2D eigenvalue weighted by atomic mass is 10.2. The highest BCUT2D eigenvalue weighted by atomic mass is 19.4. The molecule has 14 heteroatoms. The van der Waals surface area contributed by atoms with Gasteiger partial charge in [-0.2, -0.15) is 23.1 Å². The molecule has 0 fully saturated rings. The molecule has 5 aromatic rings. The van der Waals surface area contributed by atoms with E-state index >= 15 is 0 Å². The zero-order chi connectivity index (χ0) is 29.0. The van der Waals surface area contributed by atoms with Crippen molar-refractivity contribution in [2.45, 2.75) is 12.5 Å². The Morgan fingerprint density at radius 3 is 2.10 bits per heavy atom. The van der Waals surface area contributed by atoms with Crippen LogP contribution in [0.4, 0.5) is 49.6 Å². The molecular weight excluding hydrogens is 554 g/mol. The van der Waals surface area contributed by atoms with Crippen LogP contribution >= 0.6 is 0 Å². The molecule has 0 spiro atoms. The maximum Gasteiger partial charge on any atom is 0.573 e. The summed E-state index contributed by atoms with van der Waals surface area (Å²) in [5.41, 5.74) is -0.247. The van der Waals surface area contributed by atoms with E-state index in [-0.39, 0.29) is 29.3 Å². The van der Waals surface area contributed by atoms with Crippen molar-refractivity contribution in [2.75, 3.05) is 10.6 Å². The van der Waals surface area contributed by atoms with Crippen molar-refractivity contribution in [3.8, 4) is 23.2 Å². The summed E-state index contributed by atoms with van der Waals surface area (Å²) < 4.78 is 88.3. The Kier molecular flexibility index (Phi) is 7.38. The number of nitrogens with zero attached hydrogens (tertiary/aromatic N) is 4. The number of halogens is 6. The first-order valence-corrected chi connectivity index (χ1v) is 11.7. The molecule has 0 aliphatic rings. The van der Waals surface area contributed by atoms with E-state index in [2.05, 4.69) is 30.3 Å². The van der Waals surface area contributed by atoms with Gasteiger partial charge in [0.1, 0.15) is 23.1 Å². The van der Waals surface area contributed by atoms with Gasteiger partial charge < -0.3 is 20.1 Å². The minimum absolute atomic E-state index is 0.0992. The number of imidazole rings is 1. The van der Waals surface area contributed by atoms with Crippen molar-refractivity contribution >= 4 is 23.3 Å². The van der Waals surface area contributed by atoms with Gasteiger partial charge in [-0.25, -0.2) is 4.98 Å². The fourth-order valence-corrected chi connectivity index (χ4v) is 3.63. The molecule has 210 valence electrons. The Bertz CT molecular complexity index is 1620. The number of hydrogen-bond acceptors (Lipinski definition) is 7. The van der Waals surface area contributed by atoms with E-state index in [0.29, 0.717) is 11.4 Å². The average molecular weight is 572 g/mol. The highest BCUT2D eigenvalue weighted by Gasteiger charge is 2.31. The lowest BCUT2D eigenvalue weighted by Gasteiger charge is -2.14. The predicted octanol–water partition coefficient (Wildman–Crippen LogP) is 7.86. The second kappa shape index (κ2) is 11.1. The van der Waals surface area contributed by atoms with Crippen LogP contribution in [0.25, 0.3) is 5.69 Å².